The molecule has 1 unspecified atom stereocenters. The third-order valence-electron chi connectivity index (χ3n) is 2.70. The molecule has 0 radical (unpaired) electrons. The van der Waals surface area contributed by atoms with E-state index in [0.717, 1.165) is 18.2 Å². The normalized spacial score (nSPS) is 12.2. The third kappa shape index (κ3) is 3.74. The molecule has 1 amide bonds. The molecule has 1 aromatic carbocycles. The number of carbonyl (C=O) groups is 2. The van der Waals surface area contributed by atoms with Crippen LogP contribution in [0.1, 0.15) is 17.3 Å². The Morgan fingerprint density at radius 1 is 1.48 bits per heavy atom. The number of amides is 1. The molecule has 1 rings (SSSR count). The number of benzene rings is 1. The minimum atomic E-state index is -3.99. The first-order chi connectivity index (χ1) is 9.71. The summed E-state index contributed by atoms with van der Waals surface area (Å²) < 4.78 is 24.5. The minimum Gasteiger partial charge on any atom is -0.478 e. The lowest BCUT2D eigenvalue weighted by Gasteiger charge is -2.13. The van der Waals surface area contributed by atoms with E-state index < -0.39 is 27.0 Å². The van der Waals surface area contributed by atoms with Crippen molar-refractivity contribution in [3.05, 3.63) is 28.8 Å². The van der Waals surface area contributed by atoms with Crippen LogP contribution in [0.25, 0.3) is 0 Å². The van der Waals surface area contributed by atoms with Gasteiger partial charge in [-0.15, -0.1) is 6.42 Å². The Bertz CT molecular complexity index is 721. The van der Waals surface area contributed by atoms with Crippen LogP contribution in [0.4, 0.5) is 0 Å². The lowest BCUT2D eigenvalue weighted by atomic mass is 10.2. The molecular weight excluding hydrogens is 318 g/mol. The number of hydrogen-bond acceptors (Lipinski definition) is 4. The molecule has 112 valence electrons. The fraction of sp³-hybridized carbons (Fsp3) is 0.231. The van der Waals surface area contributed by atoms with Crippen LogP contribution < -0.4 is 5.32 Å². The van der Waals surface area contributed by atoms with Crippen LogP contribution >= 0.6 is 11.6 Å². The predicted octanol–water partition coefficient (Wildman–Crippen LogP) is 0.950. The van der Waals surface area contributed by atoms with Crippen LogP contribution in [0.2, 0.25) is 5.02 Å². The molecule has 0 saturated carbocycles. The van der Waals surface area contributed by atoms with Crippen molar-refractivity contribution in [1.82, 2.24) is 5.32 Å². The monoisotopic (exact) mass is 329 g/mol. The van der Waals surface area contributed by atoms with Crippen molar-refractivity contribution in [2.75, 3.05) is 6.54 Å². The maximum atomic E-state index is 12.3. The van der Waals surface area contributed by atoms with Crippen molar-refractivity contribution in [2.24, 2.45) is 0 Å². The van der Waals surface area contributed by atoms with Crippen molar-refractivity contribution >= 4 is 33.3 Å². The number of rotatable bonds is 5. The summed E-state index contributed by atoms with van der Waals surface area (Å²) in [4.78, 5) is 22.3. The summed E-state index contributed by atoms with van der Waals surface area (Å²) in [7, 11) is -3.99. The second-order valence-electron chi connectivity index (χ2n) is 4.06. The van der Waals surface area contributed by atoms with E-state index in [1.807, 2.05) is 0 Å². The zero-order chi connectivity index (χ0) is 16.2. The van der Waals surface area contributed by atoms with Gasteiger partial charge in [0.15, 0.2) is 9.84 Å². The summed E-state index contributed by atoms with van der Waals surface area (Å²) >= 11 is 5.73. The molecule has 0 heterocycles. The molecule has 6 nitrogen and oxygen atoms in total. The van der Waals surface area contributed by atoms with Crippen molar-refractivity contribution in [2.45, 2.75) is 17.1 Å². The van der Waals surface area contributed by atoms with E-state index in [0.29, 0.717) is 0 Å². The molecule has 8 heteroatoms. The third-order valence-corrected chi connectivity index (χ3v) is 5.07. The molecule has 0 bridgehead atoms. The van der Waals surface area contributed by atoms with Crippen LogP contribution in [-0.4, -0.2) is 37.2 Å². The Kier molecular flexibility index (Phi) is 5.35. The number of sulfone groups is 1. The maximum Gasteiger partial charge on any atom is 0.337 e. The van der Waals surface area contributed by atoms with Gasteiger partial charge in [0.25, 0.3) is 0 Å². The smallest absolute Gasteiger partial charge is 0.337 e. The first kappa shape index (κ1) is 17.0. The van der Waals surface area contributed by atoms with Crippen molar-refractivity contribution in [3.8, 4) is 12.3 Å². The zero-order valence-corrected chi connectivity index (χ0v) is 12.5. The maximum absolute atomic E-state index is 12.3. The van der Waals surface area contributed by atoms with Gasteiger partial charge in [0.2, 0.25) is 5.91 Å². The van der Waals surface area contributed by atoms with Crippen LogP contribution in [0, 0.1) is 12.3 Å². The van der Waals surface area contributed by atoms with Gasteiger partial charge in [-0.3, -0.25) is 4.79 Å². The first-order valence-electron chi connectivity index (χ1n) is 5.69. The van der Waals surface area contributed by atoms with Gasteiger partial charge in [-0.05, 0) is 25.1 Å². The SMILES string of the molecule is C#CCNC(=O)C(C)S(=O)(=O)c1ccc(C(=O)O)c(Cl)c1. The fourth-order valence-corrected chi connectivity index (χ4v) is 3.11. The Balaban J connectivity index is 3.14. The second-order valence-corrected chi connectivity index (χ2v) is 6.73. The van der Waals surface area contributed by atoms with Gasteiger partial charge in [0, 0.05) is 0 Å². The van der Waals surface area contributed by atoms with Crippen LogP contribution in [0.15, 0.2) is 23.1 Å². The van der Waals surface area contributed by atoms with E-state index in [1.54, 1.807) is 0 Å². The molecule has 0 aliphatic heterocycles. The standard InChI is InChI=1S/C13H12ClNO5S/c1-3-6-15-12(16)8(2)21(19,20)9-4-5-10(13(17)18)11(14)7-9/h1,4-5,7-8H,6H2,2H3,(H,15,16)(H,17,18). The number of halogens is 1. The first-order valence-corrected chi connectivity index (χ1v) is 7.62. The molecule has 0 aliphatic rings. The van der Waals surface area contributed by atoms with Crippen LogP contribution in [0.5, 0.6) is 0 Å². The average Bonchev–Trinajstić information content (AvgIpc) is 2.43. The Morgan fingerprint density at radius 3 is 2.57 bits per heavy atom. The molecule has 0 saturated heterocycles. The van der Waals surface area contributed by atoms with Gasteiger partial charge < -0.3 is 10.4 Å². The number of carbonyl (C=O) groups excluding carboxylic acids is 1. The lowest BCUT2D eigenvalue weighted by molar-refractivity contribution is -0.120. The van der Waals surface area contributed by atoms with E-state index in [4.69, 9.17) is 23.1 Å². The van der Waals surface area contributed by atoms with E-state index >= 15 is 0 Å². The Labute approximate surface area is 127 Å². The number of hydrogen-bond donors (Lipinski definition) is 2. The number of nitrogens with one attached hydrogen (secondary N) is 1. The molecule has 0 aromatic heterocycles. The average molecular weight is 330 g/mol. The summed E-state index contributed by atoms with van der Waals surface area (Å²) in [5.74, 6) is 0.142. The number of carboxylic acid groups (broad SMARTS) is 1. The fourth-order valence-electron chi connectivity index (χ4n) is 1.47. The molecule has 0 fully saturated rings. The minimum absolute atomic E-state index is 0.0859. The summed E-state index contributed by atoms with van der Waals surface area (Å²) in [5.41, 5.74) is -0.222. The largest absolute Gasteiger partial charge is 0.478 e. The summed E-state index contributed by atoms with van der Waals surface area (Å²) in [6, 6.07) is 3.17. The van der Waals surface area contributed by atoms with Gasteiger partial charge in [-0.1, -0.05) is 17.5 Å². The van der Waals surface area contributed by atoms with Gasteiger partial charge in [-0.25, -0.2) is 13.2 Å². The summed E-state index contributed by atoms with van der Waals surface area (Å²) in [6.45, 7) is 1.12. The molecular formula is C13H12ClNO5S. The van der Waals surface area contributed by atoms with Gasteiger partial charge in [0.05, 0.1) is 22.0 Å². The highest BCUT2D eigenvalue weighted by Gasteiger charge is 2.30. The number of terminal acetylenes is 1. The van der Waals surface area contributed by atoms with Gasteiger partial charge in [0.1, 0.15) is 5.25 Å². The van der Waals surface area contributed by atoms with E-state index in [1.165, 1.54) is 6.92 Å². The zero-order valence-electron chi connectivity index (χ0n) is 11.0. The molecule has 21 heavy (non-hydrogen) atoms. The lowest BCUT2D eigenvalue weighted by Crippen LogP contribution is -2.38. The Hall–Kier alpha value is -2.04. The number of carboxylic acids is 1. The highest BCUT2D eigenvalue weighted by atomic mass is 35.5. The quantitative estimate of drug-likeness (QED) is 0.783. The molecule has 2 N–H and O–H groups in total. The van der Waals surface area contributed by atoms with Crippen LogP contribution in [0.3, 0.4) is 0 Å². The predicted molar refractivity (Wildman–Crippen MR) is 76.9 cm³/mol. The van der Waals surface area contributed by atoms with Crippen molar-refractivity contribution < 1.29 is 23.1 Å². The van der Waals surface area contributed by atoms with Gasteiger partial charge in [-0.2, -0.15) is 0 Å². The number of aromatic carboxylic acids is 1. The molecule has 1 aromatic rings. The van der Waals surface area contributed by atoms with Crippen LogP contribution in [-0.2, 0) is 14.6 Å². The van der Waals surface area contributed by atoms with Crippen molar-refractivity contribution in [1.29, 1.82) is 0 Å². The Morgan fingerprint density at radius 2 is 2.10 bits per heavy atom. The van der Waals surface area contributed by atoms with E-state index in [9.17, 15) is 18.0 Å². The van der Waals surface area contributed by atoms with E-state index in [2.05, 4.69) is 11.2 Å². The van der Waals surface area contributed by atoms with Gasteiger partial charge >= 0.3 is 5.97 Å². The topological polar surface area (TPSA) is 101 Å². The highest BCUT2D eigenvalue weighted by Crippen LogP contribution is 2.23. The van der Waals surface area contributed by atoms with Crippen molar-refractivity contribution in [3.63, 3.8) is 0 Å². The molecule has 0 spiro atoms. The molecule has 0 aliphatic carbocycles. The molecule has 1 atom stereocenters. The summed E-state index contributed by atoms with van der Waals surface area (Å²) in [5, 5.41) is 9.51. The second kappa shape index (κ2) is 6.61. The van der Waals surface area contributed by atoms with E-state index in [-0.39, 0.29) is 22.0 Å². The summed E-state index contributed by atoms with van der Waals surface area (Å²) in [6.07, 6.45) is 4.97. The highest BCUT2D eigenvalue weighted by molar-refractivity contribution is 7.92.